The predicted molar refractivity (Wildman–Crippen MR) is 87.7 cm³/mol. The predicted octanol–water partition coefficient (Wildman–Crippen LogP) is 1.88. The number of likely N-dealkylation sites (tertiary alicyclic amines) is 1. The molecule has 1 N–H and O–H groups in total. The molecule has 1 aromatic rings. The molecule has 120 valence electrons. The molecule has 0 spiro atoms. The zero-order valence-corrected chi connectivity index (χ0v) is 13.5. The summed E-state index contributed by atoms with van der Waals surface area (Å²) >= 11 is 0. The fourth-order valence-corrected chi connectivity index (χ4v) is 2.57. The van der Waals surface area contributed by atoms with Gasteiger partial charge in [-0.05, 0) is 45.0 Å². The highest BCUT2D eigenvalue weighted by Gasteiger charge is 2.18. The summed E-state index contributed by atoms with van der Waals surface area (Å²) in [6.07, 6.45) is 3.56. The lowest BCUT2D eigenvalue weighted by atomic mass is 10.1. The molecule has 0 radical (unpaired) electrons. The molecule has 0 saturated carbocycles. The molecule has 1 saturated heterocycles. The molecule has 2 rings (SSSR count). The van der Waals surface area contributed by atoms with Gasteiger partial charge >= 0.3 is 0 Å². The normalized spacial score (nSPS) is 15.4. The number of hydrogen-bond acceptors (Lipinski definition) is 3. The Morgan fingerprint density at radius 3 is 2.41 bits per heavy atom. The number of hydrogen-bond donors (Lipinski definition) is 1. The van der Waals surface area contributed by atoms with Gasteiger partial charge in [-0.15, -0.1) is 0 Å². The average molecular weight is 303 g/mol. The number of carbonyl (C=O) groups is 2. The molecule has 0 atom stereocenters. The zero-order chi connectivity index (χ0) is 15.9. The second-order valence-electron chi connectivity index (χ2n) is 6.00. The quantitative estimate of drug-likeness (QED) is 0.903. The van der Waals surface area contributed by atoms with Crippen molar-refractivity contribution in [1.82, 2.24) is 9.80 Å². The molecule has 5 nitrogen and oxygen atoms in total. The molecule has 1 aliphatic rings. The summed E-state index contributed by atoms with van der Waals surface area (Å²) < 4.78 is 0. The molecular formula is C17H25N3O2. The van der Waals surface area contributed by atoms with Crippen LogP contribution in [0.2, 0.25) is 0 Å². The Hall–Kier alpha value is -1.88. The molecule has 1 heterocycles. The number of nitrogens with zero attached hydrogens (tertiary/aromatic N) is 2. The van der Waals surface area contributed by atoms with E-state index < -0.39 is 0 Å². The number of anilines is 1. The Bertz CT molecular complexity index is 507. The van der Waals surface area contributed by atoms with Crippen molar-refractivity contribution in [1.29, 1.82) is 0 Å². The van der Waals surface area contributed by atoms with Gasteiger partial charge in [-0.1, -0.05) is 24.1 Å². The summed E-state index contributed by atoms with van der Waals surface area (Å²) in [5.74, 6) is -0.167. The Morgan fingerprint density at radius 1 is 1.14 bits per heavy atom. The van der Waals surface area contributed by atoms with E-state index in [1.807, 2.05) is 31.2 Å². The average Bonchev–Trinajstić information content (AvgIpc) is 2.50. The molecule has 0 aromatic heterocycles. The number of piperidine rings is 1. The van der Waals surface area contributed by atoms with Crippen LogP contribution in [0, 0.1) is 6.92 Å². The molecule has 1 aliphatic heterocycles. The number of benzene rings is 1. The Labute approximate surface area is 132 Å². The summed E-state index contributed by atoms with van der Waals surface area (Å²) in [6.45, 7) is 4.46. The lowest BCUT2D eigenvalue weighted by molar-refractivity contribution is -0.134. The van der Waals surface area contributed by atoms with Crippen LogP contribution in [-0.2, 0) is 9.59 Å². The minimum atomic E-state index is -0.168. The van der Waals surface area contributed by atoms with E-state index in [1.54, 1.807) is 7.05 Å². The van der Waals surface area contributed by atoms with Gasteiger partial charge in [-0.3, -0.25) is 14.5 Å². The number of carbonyl (C=O) groups excluding carboxylic acids is 2. The van der Waals surface area contributed by atoms with E-state index in [0.717, 1.165) is 37.2 Å². The highest BCUT2D eigenvalue weighted by atomic mass is 16.2. The lowest BCUT2D eigenvalue weighted by Crippen LogP contribution is -2.43. The number of rotatable bonds is 5. The van der Waals surface area contributed by atoms with E-state index in [2.05, 4.69) is 10.2 Å². The molecule has 0 bridgehead atoms. The van der Waals surface area contributed by atoms with E-state index in [9.17, 15) is 9.59 Å². The van der Waals surface area contributed by atoms with Gasteiger partial charge in [0.1, 0.15) is 0 Å². The van der Waals surface area contributed by atoms with Crippen molar-refractivity contribution in [2.24, 2.45) is 0 Å². The summed E-state index contributed by atoms with van der Waals surface area (Å²) in [5, 5.41) is 2.81. The van der Waals surface area contributed by atoms with Crippen LogP contribution in [-0.4, -0.2) is 54.8 Å². The number of amides is 2. The van der Waals surface area contributed by atoms with Gasteiger partial charge < -0.3 is 10.2 Å². The third-order valence-electron chi connectivity index (χ3n) is 3.95. The number of aryl methyl sites for hydroxylation is 1. The minimum absolute atomic E-state index is 0.000885. The van der Waals surface area contributed by atoms with Crippen molar-refractivity contribution >= 4 is 17.5 Å². The van der Waals surface area contributed by atoms with E-state index in [0.29, 0.717) is 6.54 Å². The van der Waals surface area contributed by atoms with Crippen molar-refractivity contribution in [2.45, 2.75) is 26.2 Å². The topological polar surface area (TPSA) is 52.7 Å². The van der Waals surface area contributed by atoms with Crippen molar-refractivity contribution in [2.75, 3.05) is 38.5 Å². The SMILES string of the molecule is Cc1ccc(NC(=O)CN(C)C(=O)CN2CCCCC2)cc1. The van der Waals surface area contributed by atoms with Gasteiger partial charge in [-0.25, -0.2) is 0 Å². The molecule has 2 amide bonds. The van der Waals surface area contributed by atoms with E-state index in [4.69, 9.17) is 0 Å². The van der Waals surface area contributed by atoms with E-state index in [-0.39, 0.29) is 18.4 Å². The van der Waals surface area contributed by atoms with Crippen molar-refractivity contribution in [3.63, 3.8) is 0 Å². The standard InChI is InChI=1S/C17H25N3O2/c1-14-6-8-15(9-7-14)18-16(21)12-19(2)17(22)13-20-10-4-3-5-11-20/h6-9H,3-5,10-13H2,1-2H3,(H,18,21). The van der Waals surface area contributed by atoms with Crippen molar-refractivity contribution in [3.05, 3.63) is 29.8 Å². The van der Waals surface area contributed by atoms with E-state index >= 15 is 0 Å². The van der Waals surface area contributed by atoms with Crippen LogP contribution >= 0.6 is 0 Å². The van der Waals surface area contributed by atoms with Gasteiger partial charge in [0.15, 0.2) is 0 Å². The first-order valence-corrected chi connectivity index (χ1v) is 7.87. The zero-order valence-electron chi connectivity index (χ0n) is 13.5. The minimum Gasteiger partial charge on any atom is -0.335 e. The van der Waals surface area contributed by atoms with Crippen LogP contribution in [0.3, 0.4) is 0 Å². The van der Waals surface area contributed by atoms with Gasteiger partial charge in [0.05, 0.1) is 13.1 Å². The Kier molecular flexibility index (Phi) is 5.95. The van der Waals surface area contributed by atoms with Crippen LogP contribution in [0.4, 0.5) is 5.69 Å². The summed E-state index contributed by atoms with van der Waals surface area (Å²) in [5.41, 5.74) is 1.90. The van der Waals surface area contributed by atoms with Crippen LogP contribution in [0.5, 0.6) is 0 Å². The maximum absolute atomic E-state index is 12.1. The monoisotopic (exact) mass is 303 g/mol. The summed E-state index contributed by atoms with van der Waals surface area (Å²) in [6, 6.07) is 7.62. The molecule has 1 fully saturated rings. The maximum Gasteiger partial charge on any atom is 0.243 e. The first-order chi connectivity index (χ1) is 10.5. The summed E-state index contributed by atoms with van der Waals surface area (Å²) in [4.78, 5) is 27.8. The molecule has 5 heteroatoms. The third-order valence-corrected chi connectivity index (χ3v) is 3.95. The number of nitrogens with one attached hydrogen (secondary N) is 1. The molecule has 0 aliphatic carbocycles. The van der Waals surface area contributed by atoms with Gasteiger partial charge in [-0.2, -0.15) is 0 Å². The molecular weight excluding hydrogens is 278 g/mol. The van der Waals surface area contributed by atoms with Gasteiger partial charge in [0, 0.05) is 12.7 Å². The highest BCUT2D eigenvalue weighted by Crippen LogP contribution is 2.09. The molecule has 22 heavy (non-hydrogen) atoms. The first-order valence-electron chi connectivity index (χ1n) is 7.87. The van der Waals surface area contributed by atoms with Crippen LogP contribution in [0.25, 0.3) is 0 Å². The second-order valence-corrected chi connectivity index (χ2v) is 6.00. The molecule has 1 aromatic carbocycles. The fourth-order valence-electron chi connectivity index (χ4n) is 2.57. The third kappa shape index (κ3) is 5.15. The summed E-state index contributed by atoms with van der Waals surface area (Å²) in [7, 11) is 1.68. The fraction of sp³-hybridized carbons (Fsp3) is 0.529. The Balaban J connectivity index is 1.77. The molecule has 0 unspecified atom stereocenters. The Morgan fingerprint density at radius 2 is 1.77 bits per heavy atom. The largest absolute Gasteiger partial charge is 0.335 e. The van der Waals surface area contributed by atoms with Gasteiger partial charge in [0.25, 0.3) is 0 Å². The van der Waals surface area contributed by atoms with Crippen molar-refractivity contribution < 1.29 is 9.59 Å². The smallest absolute Gasteiger partial charge is 0.243 e. The van der Waals surface area contributed by atoms with E-state index in [1.165, 1.54) is 11.3 Å². The first kappa shape index (κ1) is 16.5. The highest BCUT2D eigenvalue weighted by molar-refractivity contribution is 5.94. The van der Waals surface area contributed by atoms with Gasteiger partial charge in [0.2, 0.25) is 11.8 Å². The van der Waals surface area contributed by atoms with Crippen LogP contribution in [0.15, 0.2) is 24.3 Å². The second kappa shape index (κ2) is 7.94. The lowest BCUT2D eigenvalue weighted by Gasteiger charge is -2.27. The van der Waals surface area contributed by atoms with Crippen LogP contribution in [0.1, 0.15) is 24.8 Å². The number of likely N-dealkylation sites (N-methyl/N-ethyl adjacent to an activating group) is 1. The van der Waals surface area contributed by atoms with Crippen molar-refractivity contribution in [3.8, 4) is 0 Å². The van der Waals surface area contributed by atoms with Crippen LogP contribution < -0.4 is 5.32 Å². The maximum atomic E-state index is 12.1.